The Morgan fingerprint density at radius 2 is 0.864 bits per heavy atom. The third kappa shape index (κ3) is 5.73. The van der Waals surface area contributed by atoms with Crippen molar-refractivity contribution in [3.05, 3.63) is 171 Å². The average Bonchev–Trinajstić information content (AvgIpc) is 3.53. The lowest BCUT2D eigenvalue weighted by atomic mass is 10.1. The second-order valence-electron chi connectivity index (χ2n) is 10.2. The second kappa shape index (κ2) is 12.2. The summed E-state index contributed by atoms with van der Waals surface area (Å²) in [6, 6.07) is 32.5. The SMILES string of the molecule is Cc1ccc(C(=O)/C=c2\s/c(=c3/s/c(=C\C(=O)c4ccc(C)cc4)n(-c4ccccc4)c3=O)c(=O)n2-c2ccccc2)cc1. The van der Waals surface area contributed by atoms with Crippen LogP contribution in [0.2, 0.25) is 0 Å². The molecule has 0 saturated carbocycles. The fourth-order valence-electron chi connectivity index (χ4n) is 4.74. The number of Topliss-reactive ketones (excluding diaryl/α,β-unsaturated/α-hetero) is 2. The molecular weight excluding hydrogens is 589 g/mol. The molecule has 0 aliphatic rings. The van der Waals surface area contributed by atoms with Gasteiger partial charge in [-0.15, -0.1) is 22.7 Å². The lowest BCUT2D eigenvalue weighted by Gasteiger charge is -2.01. The van der Waals surface area contributed by atoms with Gasteiger partial charge in [0, 0.05) is 23.3 Å². The van der Waals surface area contributed by atoms with Crippen LogP contribution < -0.4 is 20.4 Å². The molecule has 0 atom stereocenters. The quantitative estimate of drug-likeness (QED) is 0.237. The van der Waals surface area contributed by atoms with Gasteiger partial charge in [-0.25, -0.2) is 0 Å². The summed E-state index contributed by atoms with van der Waals surface area (Å²) in [7, 11) is 0. The van der Waals surface area contributed by atoms with E-state index in [1.807, 2.05) is 74.5 Å². The highest BCUT2D eigenvalue weighted by molar-refractivity contribution is 7.11. The summed E-state index contributed by atoms with van der Waals surface area (Å²) in [6.07, 6.45) is 2.87. The van der Waals surface area contributed by atoms with E-state index >= 15 is 0 Å². The molecular formula is C36H26N2O4S2. The third-order valence-electron chi connectivity index (χ3n) is 7.07. The Labute approximate surface area is 260 Å². The van der Waals surface area contributed by atoms with Gasteiger partial charge in [0.1, 0.15) is 18.4 Å². The highest BCUT2D eigenvalue weighted by atomic mass is 32.1. The minimum absolute atomic E-state index is 0.193. The maximum atomic E-state index is 14.1. The van der Waals surface area contributed by atoms with Crippen LogP contribution in [0.3, 0.4) is 0 Å². The van der Waals surface area contributed by atoms with Crippen LogP contribution in [0.5, 0.6) is 0 Å². The van der Waals surface area contributed by atoms with Crippen molar-refractivity contribution in [3.8, 4) is 11.4 Å². The molecule has 6 nitrogen and oxygen atoms in total. The number of benzene rings is 4. The number of aryl methyl sites for hydroxylation is 2. The van der Waals surface area contributed by atoms with Crippen LogP contribution in [-0.2, 0) is 0 Å². The van der Waals surface area contributed by atoms with Crippen LogP contribution in [0.15, 0.2) is 119 Å². The van der Waals surface area contributed by atoms with Gasteiger partial charge < -0.3 is 0 Å². The van der Waals surface area contributed by atoms with Crippen molar-refractivity contribution in [2.45, 2.75) is 13.8 Å². The van der Waals surface area contributed by atoms with E-state index < -0.39 is 11.1 Å². The Bertz CT molecular complexity index is 2180. The van der Waals surface area contributed by atoms with E-state index in [2.05, 4.69) is 0 Å². The summed E-state index contributed by atoms with van der Waals surface area (Å²) in [4.78, 5) is 54.7. The van der Waals surface area contributed by atoms with E-state index in [1.54, 1.807) is 48.5 Å². The number of rotatable bonds is 6. The van der Waals surface area contributed by atoms with E-state index in [0.29, 0.717) is 31.8 Å². The van der Waals surface area contributed by atoms with Crippen LogP contribution >= 0.6 is 22.7 Å². The van der Waals surface area contributed by atoms with Gasteiger partial charge >= 0.3 is 0 Å². The zero-order valence-electron chi connectivity index (χ0n) is 23.9. The smallest absolute Gasteiger partial charge is 0.275 e. The first-order valence-electron chi connectivity index (χ1n) is 13.8. The summed E-state index contributed by atoms with van der Waals surface area (Å²) in [5, 5.41) is 0. The first kappa shape index (κ1) is 28.9. The number of aromatic nitrogens is 2. The highest BCUT2D eigenvalue weighted by Gasteiger charge is 2.15. The molecule has 2 aromatic heterocycles. The van der Waals surface area contributed by atoms with Crippen LogP contribution in [0, 0.1) is 22.9 Å². The standard InChI is InChI=1S/C36H26N2O4S2/c1-23-13-17-25(18-14-23)29(39)21-31-37(27-9-5-3-6-10-27)35(41)33(43-31)34-36(42)38(28-11-7-4-8-12-28)32(44-34)22-30(40)26-19-15-24(2)16-20-26/h3-22H,1-2H3/b31-21-,32-22-,34-33+. The molecule has 0 amide bonds. The molecule has 2 heterocycles. The highest BCUT2D eigenvalue weighted by Crippen LogP contribution is 2.10. The van der Waals surface area contributed by atoms with E-state index in [-0.39, 0.29) is 20.6 Å². The lowest BCUT2D eigenvalue weighted by Crippen LogP contribution is -2.26. The van der Waals surface area contributed by atoms with Gasteiger partial charge in [-0.2, -0.15) is 0 Å². The topological polar surface area (TPSA) is 78.1 Å². The van der Waals surface area contributed by atoms with Crippen molar-refractivity contribution in [1.82, 2.24) is 9.13 Å². The zero-order valence-corrected chi connectivity index (χ0v) is 25.5. The summed E-state index contributed by atoms with van der Waals surface area (Å²) >= 11 is 2.16. The third-order valence-corrected chi connectivity index (χ3v) is 9.38. The molecule has 6 rings (SSSR count). The number of ketones is 2. The first-order chi connectivity index (χ1) is 21.3. The maximum absolute atomic E-state index is 14.1. The van der Waals surface area contributed by atoms with Crippen LogP contribution in [-0.4, -0.2) is 20.7 Å². The minimum atomic E-state index is -0.417. The number of carbonyl (C=O) groups excluding carboxylic acids is 2. The molecule has 6 aromatic rings. The molecule has 0 aliphatic carbocycles. The molecule has 0 bridgehead atoms. The molecule has 0 spiro atoms. The maximum Gasteiger partial charge on any atom is 0.275 e. The molecule has 8 heteroatoms. The Morgan fingerprint density at radius 3 is 1.20 bits per heavy atom. The zero-order chi connectivity index (χ0) is 30.8. The summed E-state index contributed by atoms with van der Waals surface area (Å²) in [6.45, 7) is 3.89. The Hall–Kier alpha value is -5.18. The number of para-hydroxylation sites is 2. The lowest BCUT2D eigenvalue weighted by molar-refractivity contribution is 0.105. The molecule has 0 N–H and O–H groups in total. The van der Waals surface area contributed by atoms with Gasteiger partial charge in [0.15, 0.2) is 11.6 Å². The van der Waals surface area contributed by atoms with E-state index in [1.165, 1.54) is 21.3 Å². The second-order valence-corrected chi connectivity index (χ2v) is 12.3. The molecule has 0 fully saturated rings. The number of carbonyl (C=O) groups is 2. The van der Waals surface area contributed by atoms with Gasteiger partial charge in [-0.1, -0.05) is 96.1 Å². The first-order valence-corrected chi connectivity index (χ1v) is 15.5. The number of hydrogen-bond donors (Lipinski definition) is 0. The van der Waals surface area contributed by atoms with Crippen LogP contribution in [0.4, 0.5) is 0 Å². The van der Waals surface area contributed by atoms with Gasteiger partial charge in [0.25, 0.3) is 11.1 Å². The predicted octanol–water partition coefficient (Wildman–Crippen LogP) is 5.34. The minimum Gasteiger partial charge on any atom is -0.289 e. The average molecular weight is 615 g/mol. The molecule has 0 saturated heterocycles. The fraction of sp³-hybridized carbons (Fsp3) is 0.0556. The Kier molecular flexibility index (Phi) is 8.02. The Balaban J connectivity index is 1.67. The number of thiazole rings is 2. The molecule has 0 radical (unpaired) electrons. The van der Waals surface area contributed by atoms with Crippen molar-refractivity contribution >= 4 is 46.4 Å². The monoisotopic (exact) mass is 614 g/mol. The van der Waals surface area contributed by atoms with Gasteiger partial charge in [-0.05, 0) is 38.1 Å². The molecule has 44 heavy (non-hydrogen) atoms. The molecule has 0 unspecified atom stereocenters. The largest absolute Gasteiger partial charge is 0.289 e. The molecule has 0 aliphatic heterocycles. The normalized spacial score (nSPS) is 12.9. The molecule has 216 valence electrons. The fourth-order valence-corrected chi connectivity index (χ4v) is 7.01. The summed E-state index contributed by atoms with van der Waals surface area (Å²) < 4.78 is 4.08. The number of hydrogen-bond acceptors (Lipinski definition) is 6. The van der Waals surface area contributed by atoms with Crippen LogP contribution in [0.25, 0.3) is 23.5 Å². The predicted molar refractivity (Wildman–Crippen MR) is 177 cm³/mol. The van der Waals surface area contributed by atoms with E-state index in [0.717, 1.165) is 33.8 Å². The van der Waals surface area contributed by atoms with Crippen molar-refractivity contribution in [2.24, 2.45) is 0 Å². The van der Waals surface area contributed by atoms with E-state index in [9.17, 15) is 19.2 Å². The van der Waals surface area contributed by atoms with Crippen molar-refractivity contribution in [3.63, 3.8) is 0 Å². The molecule has 4 aromatic carbocycles. The van der Waals surface area contributed by atoms with E-state index in [4.69, 9.17) is 0 Å². The van der Waals surface area contributed by atoms with Gasteiger partial charge in [0.2, 0.25) is 0 Å². The number of nitrogens with zero attached hydrogens (tertiary/aromatic N) is 2. The van der Waals surface area contributed by atoms with Crippen molar-refractivity contribution in [2.75, 3.05) is 0 Å². The van der Waals surface area contributed by atoms with Crippen molar-refractivity contribution in [1.29, 1.82) is 0 Å². The van der Waals surface area contributed by atoms with Crippen molar-refractivity contribution < 1.29 is 9.59 Å². The summed E-state index contributed by atoms with van der Waals surface area (Å²) in [5.41, 5.74) is 3.36. The van der Waals surface area contributed by atoms with Gasteiger partial charge in [0.05, 0.1) is 11.4 Å². The van der Waals surface area contributed by atoms with Gasteiger partial charge in [-0.3, -0.25) is 28.3 Å². The summed E-state index contributed by atoms with van der Waals surface area (Å²) in [5.74, 6) is -0.513. The van der Waals surface area contributed by atoms with Crippen LogP contribution in [0.1, 0.15) is 31.8 Å². The Morgan fingerprint density at radius 1 is 0.523 bits per heavy atom.